The van der Waals surface area contributed by atoms with Gasteiger partial charge in [0.25, 0.3) is 0 Å². The van der Waals surface area contributed by atoms with Gasteiger partial charge in [-0.05, 0) is 25.2 Å². The zero-order valence-corrected chi connectivity index (χ0v) is 25.9. The number of hydrogen-bond donors (Lipinski definition) is 2. The highest BCUT2D eigenvalue weighted by Gasteiger charge is 2.06. The van der Waals surface area contributed by atoms with E-state index < -0.39 is 5.97 Å². The summed E-state index contributed by atoms with van der Waals surface area (Å²) in [6, 6.07) is 0. The number of hydrogen-bond acceptors (Lipinski definition) is 2. The minimum atomic E-state index is -0.655. The number of aliphatic hydroxyl groups is 1. The van der Waals surface area contributed by atoms with E-state index in [9.17, 15) is 9.90 Å². The molecule has 0 unspecified atom stereocenters. The molecule has 224 valence electrons. The van der Waals surface area contributed by atoms with E-state index in [1.54, 1.807) is 0 Å². The molecule has 0 aromatic rings. The Hall–Kier alpha value is -0.570. The highest BCUT2D eigenvalue weighted by atomic mass is 16.4. The van der Waals surface area contributed by atoms with Gasteiger partial charge in [0.15, 0.2) is 0 Å². The molecule has 0 rings (SSSR count). The molecular weight excluding hydrogens is 456 g/mol. The van der Waals surface area contributed by atoms with Crippen LogP contribution >= 0.6 is 0 Å². The summed E-state index contributed by atoms with van der Waals surface area (Å²) in [6.07, 6.45) is 36.2. The Morgan fingerprint density at radius 3 is 1.00 bits per heavy atom. The van der Waals surface area contributed by atoms with Crippen molar-refractivity contribution >= 4 is 5.97 Å². The van der Waals surface area contributed by atoms with E-state index in [1.165, 1.54) is 161 Å². The first-order valence-electron chi connectivity index (χ1n) is 16.9. The zero-order chi connectivity index (χ0) is 27.7. The van der Waals surface area contributed by atoms with Gasteiger partial charge in [-0.25, -0.2) is 0 Å². The minimum absolute atomic E-state index is 0.345. The number of aliphatic carboxylic acids is 1. The lowest BCUT2D eigenvalue weighted by atomic mass is 9.95. The van der Waals surface area contributed by atoms with Crippen molar-refractivity contribution in [1.29, 1.82) is 0 Å². The summed E-state index contributed by atoms with van der Waals surface area (Å²) in [5.74, 6) is -0.0737. The van der Waals surface area contributed by atoms with Crippen LogP contribution in [0.5, 0.6) is 0 Å². The molecule has 0 aromatic carbocycles. The fourth-order valence-corrected chi connectivity index (χ4v) is 5.05. The number of carboxylic acid groups (broad SMARTS) is 1. The van der Waals surface area contributed by atoms with Crippen LogP contribution in [0.4, 0.5) is 0 Å². The molecule has 0 aliphatic rings. The molecule has 0 heterocycles. The van der Waals surface area contributed by atoms with Crippen LogP contribution < -0.4 is 0 Å². The van der Waals surface area contributed by atoms with Crippen molar-refractivity contribution in [3.63, 3.8) is 0 Å². The lowest BCUT2D eigenvalue weighted by molar-refractivity contribution is -0.137. The minimum Gasteiger partial charge on any atom is -0.481 e. The van der Waals surface area contributed by atoms with Crippen molar-refractivity contribution in [2.75, 3.05) is 6.61 Å². The summed E-state index contributed by atoms with van der Waals surface area (Å²) in [7, 11) is 0. The van der Waals surface area contributed by atoms with Gasteiger partial charge in [0.05, 0.1) is 0 Å². The fourth-order valence-electron chi connectivity index (χ4n) is 5.05. The Bertz CT molecular complexity index is 394. The maximum Gasteiger partial charge on any atom is 0.303 e. The molecule has 37 heavy (non-hydrogen) atoms. The van der Waals surface area contributed by atoms with Crippen LogP contribution in [0, 0.1) is 5.92 Å². The van der Waals surface area contributed by atoms with Gasteiger partial charge >= 0.3 is 5.97 Å². The van der Waals surface area contributed by atoms with E-state index in [0.717, 1.165) is 12.8 Å². The van der Waals surface area contributed by atoms with Crippen LogP contribution in [0.15, 0.2) is 0 Å². The summed E-state index contributed by atoms with van der Waals surface area (Å²) in [4.78, 5) is 10.3. The molecule has 0 aromatic heterocycles. The molecule has 2 N–H and O–H groups in total. The van der Waals surface area contributed by atoms with E-state index in [0.29, 0.717) is 18.9 Å². The standard InChI is InChI=1S/C18H38O.C16H32O2/c1-3-5-7-9-11-13-15-18(17-19)16-14-12-10-8-6-4-2;1-2-3-4-5-6-7-8-9-10-11-12-13-14-15-16(17)18/h18-19H,3-17H2,1-2H3;2-15H2,1H3,(H,17,18). The van der Waals surface area contributed by atoms with Crippen LogP contribution in [0.2, 0.25) is 0 Å². The monoisotopic (exact) mass is 527 g/mol. The first-order valence-corrected chi connectivity index (χ1v) is 16.9. The first-order chi connectivity index (χ1) is 18.1. The van der Waals surface area contributed by atoms with Crippen molar-refractivity contribution in [1.82, 2.24) is 0 Å². The van der Waals surface area contributed by atoms with Crippen molar-refractivity contribution in [2.24, 2.45) is 5.92 Å². The van der Waals surface area contributed by atoms with E-state index >= 15 is 0 Å². The summed E-state index contributed by atoms with van der Waals surface area (Å²) < 4.78 is 0. The zero-order valence-electron chi connectivity index (χ0n) is 25.9. The molecule has 0 aliphatic carbocycles. The highest BCUT2D eigenvalue weighted by molar-refractivity contribution is 5.66. The Labute approximate surface area is 234 Å². The van der Waals surface area contributed by atoms with Gasteiger partial charge in [0.2, 0.25) is 0 Å². The summed E-state index contributed by atoms with van der Waals surface area (Å²) in [5, 5.41) is 17.9. The van der Waals surface area contributed by atoms with Crippen LogP contribution in [0.1, 0.15) is 201 Å². The molecular formula is C34H70O3. The predicted octanol–water partition coefficient (Wildman–Crippen LogP) is 11.6. The van der Waals surface area contributed by atoms with Gasteiger partial charge < -0.3 is 10.2 Å². The molecule has 0 radical (unpaired) electrons. The smallest absolute Gasteiger partial charge is 0.303 e. The Morgan fingerprint density at radius 1 is 0.459 bits per heavy atom. The second kappa shape index (κ2) is 35.4. The molecule has 0 aliphatic heterocycles. The SMILES string of the molecule is CCCCCCCCC(CO)CCCCCCCC.CCCCCCCCCCCCCCCC(=O)O. The third-order valence-electron chi connectivity index (χ3n) is 7.68. The lowest BCUT2D eigenvalue weighted by Crippen LogP contribution is -2.06. The number of carbonyl (C=O) groups is 1. The third kappa shape index (κ3) is 37.6. The van der Waals surface area contributed by atoms with Crippen LogP contribution in [0.3, 0.4) is 0 Å². The van der Waals surface area contributed by atoms with Crippen LogP contribution in [-0.4, -0.2) is 22.8 Å². The predicted molar refractivity (Wildman–Crippen MR) is 165 cm³/mol. The van der Waals surface area contributed by atoms with Crippen molar-refractivity contribution in [3.8, 4) is 0 Å². The molecule has 0 bridgehead atoms. The summed E-state index contributed by atoms with van der Waals surface area (Å²) >= 11 is 0. The van der Waals surface area contributed by atoms with E-state index in [-0.39, 0.29) is 0 Å². The normalized spacial score (nSPS) is 11.1. The molecule has 0 atom stereocenters. The number of aliphatic hydroxyl groups excluding tert-OH is 1. The second-order valence-electron chi connectivity index (χ2n) is 11.5. The molecule has 3 heteroatoms. The molecule has 0 amide bonds. The van der Waals surface area contributed by atoms with Gasteiger partial charge in [0.1, 0.15) is 0 Å². The Balaban J connectivity index is 0. The lowest BCUT2D eigenvalue weighted by Gasteiger charge is -2.13. The van der Waals surface area contributed by atoms with Crippen LogP contribution in [0.25, 0.3) is 0 Å². The van der Waals surface area contributed by atoms with E-state index in [1.807, 2.05) is 0 Å². The van der Waals surface area contributed by atoms with Crippen molar-refractivity contribution < 1.29 is 15.0 Å². The topological polar surface area (TPSA) is 57.5 Å². The summed E-state index contributed by atoms with van der Waals surface area (Å²) in [5.41, 5.74) is 0. The second-order valence-corrected chi connectivity index (χ2v) is 11.5. The maximum absolute atomic E-state index is 10.3. The average molecular weight is 527 g/mol. The fraction of sp³-hybridized carbons (Fsp3) is 0.971. The van der Waals surface area contributed by atoms with Gasteiger partial charge in [-0.1, -0.05) is 175 Å². The quantitative estimate of drug-likeness (QED) is 0.0952. The number of unbranched alkanes of at least 4 members (excludes halogenated alkanes) is 22. The average Bonchev–Trinajstić information content (AvgIpc) is 2.89. The number of rotatable bonds is 29. The van der Waals surface area contributed by atoms with E-state index in [2.05, 4.69) is 20.8 Å². The molecule has 0 spiro atoms. The van der Waals surface area contributed by atoms with Gasteiger partial charge in [0, 0.05) is 13.0 Å². The maximum atomic E-state index is 10.3. The van der Waals surface area contributed by atoms with Gasteiger partial charge in [-0.3, -0.25) is 4.79 Å². The van der Waals surface area contributed by atoms with Crippen molar-refractivity contribution in [2.45, 2.75) is 201 Å². The molecule has 0 saturated heterocycles. The number of carboxylic acids is 1. The first kappa shape index (κ1) is 38.6. The third-order valence-corrected chi connectivity index (χ3v) is 7.68. The molecule has 0 saturated carbocycles. The molecule has 3 nitrogen and oxygen atoms in total. The van der Waals surface area contributed by atoms with Crippen LogP contribution in [-0.2, 0) is 4.79 Å². The molecule has 0 fully saturated rings. The largest absolute Gasteiger partial charge is 0.481 e. The highest BCUT2D eigenvalue weighted by Crippen LogP contribution is 2.19. The van der Waals surface area contributed by atoms with Gasteiger partial charge in [-0.15, -0.1) is 0 Å². The van der Waals surface area contributed by atoms with E-state index in [4.69, 9.17) is 5.11 Å². The Morgan fingerprint density at radius 2 is 0.730 bits per heavy atom. The van der Waals surface area contributed by atoms with Crippen molar-refractivity contribution in [3.05, 3.63) is 0 Å². The Kier molecular flexibility index (Phi) is 36.9. The summed E-state index contributed by atoms with van der Waals surface area (Å²) in [6.45, 7) is 7.20. The van der Waals surface area contributed by atoms with Gasteiger partial charge in [-0.2, -0.15) is 0 Å².